The number of hydrogen-bond acceptors (Lipinski definition) is 32. The van der Waals surface area contributed by atoms with E-state index in [9.17, 15) is 60.3 Å². The first-order valence-electron chi connectivity index (χ1n) is 38.7. The molecule has 4 aromatic carbocycles. The Bertz CT molecular complexity index is 6630. The molecule has 0 radical (unpaired) electrons. The fourth-order valence-electron chi connectivity index (χ4n) is 12.3. The van der Waals surface area contributed by atoms with Crippen LogP contribution in [0.2, 0.25) is 0 Å². The van der Waals surface area contributed by atoms with Crippen molar-refractivity contribution in [2.45, 2.75) is 93.5 Å². The number of fused-ring (bicyclic) bond motifs is 4. The van der Waals surface area contributed by atoms with Crippen LogP contribution in [0.1, 0.15) is 108 Å². The van der Waals surface area contributed by atoms with Gasteiger partial charge in [0.25, 0.3) is 5.56 Å². The minimum absolute atomic E-state index is 0.0604. The number of aromatic nitrogens is 14. The zero-order valence-corrected chi connectivity index (χ0v) is 70.7. The first kappa shape index (κ1) is 91.2. The zero-order chi connectivity index (χ0) is 90.5. The number of alkyl halides is 3. The summed E-state index contributed by atoms with van der Waals surface area (Å²) in [5.41, 5.74) is -2.74. The van der Waals surface area contributed by atoms with Crippen molar-refractivity contribution in [1.82, 2.24) is 68.8 Å². The van der Waals surface area contributed by atoms with Crippen molar-refractivity contribution in [3.05, 3.63) is 304 Å². The lowest BCUT2D eigenvalue weighted by Gasteiger charge is -2.19. The fraction of sp³-hybridized carbons (Fsp3) is 0.244. The number of aryl methyl sites for hydroxylation is 4. The topological polar surface area (TPSA) is 427 Å². The highest BCUT2D eigenvalue weighted by Gasteiger charge is 2.50. The Morgan fingerprint density at radius 3 is 1.16 bits per heavy atom. The van der Waals surface area contributed by atoms with Gasteiger partial charge in [0.15, 0.2) is 45.0 Å². The van der Waals surface area contributed by atoms with Crippen LogP contribution < -0.4 is 66.2 Å². The molecule has 126 heavy (non-hydrogen) atoms. The summed E-state index contributed by atoms with van der Waals surface area (Å²) in [6.07, 6.45) is 8.58. The van der Waals surface area contributed by atoms with E-state index in [4.69, 9.17) is 33.6 Å². The number of carbonyl (C=O) groups is 3. The van der Waals surface area contributed by atoms with Crippen molar-refractivity contribution in [2.75, 3.05) is 68.4 Å². The number of hydrogen-bond donors (Lipinski definition) is 3. The minimum atomic E-state index is -6.27. The Labute approximate surface area is 716 Å². The molecule has 0 aliphatic carbocycles. The predicted molar refractivity (Wildman–Crippen MR) is 458 cm³/mol. The van der Waals surface area contributed by atoms with Gasteiger partial charge in [0.1, 0.15) is 69.1 Å². The summed E-state index contributed by atoms with van der Waals surface area (Å²) >= 11 is 0. The van der Waals surface area contributed by atoms with Crippen LogP contribution in [0.25, 0.3) is 44.1 Å². The number of nitrogens with one attached hydrogen (secondary N) is 2. The second kappa shape index (κ2) is 41.4. The Hall–Kier alpha value is -15.5. The molecule has 3 N–H and O–H groups in total. The summed E-state index contributed by atoms with van der Waals surface area (Å²) in [5.74, 6) is -3.12. The van der Waals surface area contributed by atoms with E-state index in [1.165, 1.54) is 43.6 Å². The largest absolute Gasteiger partial charge is 0.534 e. The van der Waals surface area contributed by atoms with Gasteiger partial charge in [0.2, 0.25) is 0 Å². The molecule has 0 aliphatic rings. The van der Waals surface area contributed by atoms with E-state index in [1.54, 1.807) is 64.2 Å². The predicted octanol–water partition coefficient (Wildman–Crippen LogP) is 9.53. The Balaban J connectivity index is 0.000000164. The van der Waals surface area contributed by atoms with E-state index in [-0.39, 0.29) is 79.7 Å². The molecule has 36 nitrogen and oxygen atoms in total. The number of benzene rings is 4. The molecule has 14 rings (SSSR count). The van der Waals surface area contributed by atoms with Gasteiger partial charge >= 0.3 is 50.2 Å². The third-order valence-electron chi connectivity index (χ3n) is 18.4. The van der Waals surface area contributed by atoms with E-state index in [0.717, 1.165) is 66.3 Å². The van der Waals surface area contributed by atoms with Crippen molar-refractivity contribution in [2.24, 2.45) is 0 Å². The Morgan fingerprint density at radius 2 is 0.762 bits per heavy atom. The SMILES string of the molecule is CCOC(=O)c1c(NCc2ccc(N(C)C)nc2)c2c(C)ncnc2n(OCc2ccccc2)c1=O.CCOC(=O)c1c(O)c2c(C)ncnc2n(OCc2ccccc2)c1=O.CCOC(=O)c1c(OS(=O)(=O)C(F)(F)F)c2c(C)ncnc2n(OCc2ccccc2)c1=O.Cc1ncnc2c1c(NCc1ccc(N(C)C)nc1)cc(=O)n2OCc1ccccc1. The maximum absolute atomic E-state index is 13.6. The number of nitrogens with zero attached hydrogens (tertiary/aromatic N) is 16. The van der Waals surface area contributed by atoms with Crippen molar-refractivity contribution < 1.29 is 78.8 Å². The molecular formula is C86H85F3N18O18S. The zero-order valence-electron chi connectivity index (χ0n) is 69.8. The monoisotopic (exact) mass is 1750 g/mol. The third-order valence-corrected chi connectivity index (χ3v) is 19.4. The Morgan fingerprint density at radius 1 is 0.421 bits per heavy atom. The van der Waals surface area contributed by atoms with Crippen molar-refractivity contribution in [1.29, 1.82) is 0 Å². The van der Waals surface area contributed by atoms with Crippen molar-refractivity contribution in [3.63, 3.8) is 0 Å². The number of esters is 3. The van der Waals surface area contributed by atoms with Crippen molar-refractivity contribution in [3.8, 4) is 11.5 Å². The number of carbonyl (C=O) groups excluding carboxylic acids is 3. The first-order valence-corrected chi connectivity index (χ1v) is 40.1. The molecule has 0 unspecified atom stereocenters. The van der Waals surface area contributed by atoms with E-state index in [2.05, 4.69) is 64.7 Å². The van der Waals surface area contributed by atoms with Crippen LogP contribution in [0.4, 0.5) is 36.2 Å². The van der Waals surface area contributed by atoms with Gasteiger partial charge < -0.3 is 63.3 Å². The highest BCUT2D eigenvalue weighted by atomic mass is 32.2. The maximum Gasteiger partial charge on any atom is 0.534 e. The molecule has 0 aliphatic heterocycles. The first-order chi connectivity index (χ1) is 60.4. The van der Waals surface area contributed by atoms with E-state index in [0.29, 0.717) is 57.2 Å². The lowest BCUT2D eigenvalue weighted by molar-refractivity contribution is -0.0500. The van der Waals surface area contributed by atoms with Gasteiger partial charge in [-0.1, -0.05) is 133 Å². The molecule has 10 heterocycles. The summed E-state index contributed by atoms with van der Waals surface area (Å²) in [6, 6.07) is 46.1. The molecule has 0 fully saturated rings. The summed E-state index contributed by atoms with van der Waals surface area (Å²) in [6.45, 7) is 12.2. The van der Waals surface area contributed by atoms with Gasteiger partial charge in [-0.15, -0.1) is 18.9 Å². The molecular weight excluding hydrogens is 1660 g/mol. The number of aromatic hydroxyl groups is 1. The van der Waals surface area contributed by atoms with Crippen LogP contribution in [-0.4, -0.2) is 154 Å². The fourth-order valence-corrected chi connectivity index (χ4v) is 12.7. The quantitative estimate of drug-likeness (QED) is 0.0178. The highest BCUT2D eigenvalue weighted by Crippen LogP contribution is 2.36. The molecule has 40 heteroatoms. The average Bonchev–Trinajstić information content (AvgIpc) is 0.733. The van der Waals surface area contributed by atoms with Gasteiger partial charge in [0, 0.05) is 59.7 Å². The van der Waals surface area contributed by atoms with Crippen LogP contribution in [0.5, 0.6) is 11.5 Å². The lowest BCUT2D eigenvalue weighted by Crippen LogP contribution is -2.35. The summed E-state index contributed by atoms with van der Waals surface area (Å²) in [4.78, 5) is 158. The van der Waals surface area contributed by atoms with Gasteiger partial charge in [-0.2, -0.15) is 21.6 Å². The van der Waals surface area contributed by atoms with Crippen molar-refractivity contribution >= 4 is 95.2 Å². The summed E-state index contributed by atoms with van der Waals surface area (Å²) in [5, 5.41) is 18.0. The maximum atomic E-state index is 13.6. The highest BCUT2D eigenvalue weighted by molar-refractivity contribution is 7.88. The normalized spacial score (nSPS) is 11.1. The van der Waals surface area contributed by atoms with E-state index >= 15 is 0 Å². The van der Waals surface area contributed by atoms with E-state index < -0.39 is 83.9 Å². The Kier molecular flexibility index (Phi) is 30.0. The molecule has 0 spiro atoms. The van der Waals surface area contributed by atoms with E-state index in [1.807, 2.05) is 166 Å². The molecule has 0 bridgehead atoms. The number of halogens is 3. The van der Waals surface area contributed by atoms with Crippen LogP contribution in [0, 0.1) is 27.7 Å². The number of pyridine rings is 6. The molecule has 10 aromatic heterocycles. The molecule has 14 aromatic rings. The number of anilines is 4. The second-order valence-corrected chi connectivity index (χ2v) is 29.1. The molecule has 654 valence electrons. The molecule has 0 saturated heterocycles. The molecule has 0 atom stereocenters. The van der Waals surface area contributed by atoms with Crippen LogP contribution >= 0.6 is 0 Å². The van der Waals surface area contributed by atoms with Crippen LogP contribution in [0.3, 0.4) is 0 Å². The minimum Gasteiger partial charge on any atom is -0.506 e. The average molecular weight is 1750 g/mol. The smallest absolute Gasteiger partial charge is 0.506 e. The van der Waals surface area contributed by atoms with Gasteiger partial charge in [0.05, 0.1) is 75.5 Å². The molecule has 0 amide bonds. The number of rotatable bonds is 28. The third kappa shape index (κ3) is 21.5. The van der Waals surface area contributed by atoms with Gasteiger partial charge in [-0.05, 0) is 94.0 Å². The molecule has 0 saturated carbocycles. The summed E-state index contributed by atoms with van der Waals surface area (Å²) in [7, 11) is 1.45. The second-order valence-electron chi connectivity index (χ2n) is 27.5. The number of ether oxygens (including phenoxy) is 3. The lowest BCUT2D eigenvalue weighted by atomic mass is 10.1. The van der Waals surface area contributed by atoms with Crippen LogP contribution in [-0.2, 0) is 63.8 Å². The standard InChI is InChI=1S/C26H28N6O4.C23H24N6O2.C19H16F3N3O7S.C18H17N3O5/c1-5-35-26(34)22-23(28-14-19-11-12-20(27-13-19)31(3)4)21-17(2)29-16-30-24(21)32(25(22)33)36-15-18-9-7-6-8-10-18;1-16-22-19(24-12-18-9-10-20(25-13-18)28(2)3)11-21(30)29(23(22)27-15-26-16)31-14-17-7-5-4-6-8-17;1-3-30-18(27)14-15(32-33(28,29)19(20,21)22)13-11(2)23-10-24-16(13)25(17(14)26)31-9-12-7-5-4-6-8-12;1-3-25-18(24)14-15(22)13-11(2)19-10-20-16(13)21(17(14)23)26-9-12-7-5-4-6-8-12/h6-13,16,28H,5,14-15H2,1-4H3;4-11,13,15,24H,12,14H2,1-3H3;4-8,10H,3,9H2,1-2H3;4-8,10,22H,3,9H2,1-2H3. The summed E-state index contributed by atoms with van der Waals surface area (Å²) < 4.78 is 85.4. The van der Waals surface area contributed by atoms with Gasteiger partial charge in [-0.3, -0.25) is 19.2 Å². The van der Waals surface area contributed by atoms with Gasteiger partial charge in [-0.25, -0.2) is 64.2 Å². The van der Waals surface area contributed by atoms with Crippen LogP contribution in [0.15, 0.2) is 209 Å².